The number of thiophene rings is 1. The summed E-state index contributed by atoms with van der Waals surface area (Å²) in [6.07, 6.45) is 0. The zero-order chi connectivity index (χ0) is 12.4. The first-order valence-electron chi connectivity index (χ1n) is 4.60. The molecule has 0 fully saturated rings. The third-order valence-corrected chi connectivity index (χ3v) is 4.48. The molecule has 0 aliphatic carbocycles. The van der Waals surface area contributed by atoms with Crippen LogP contribution in [0.3, 0.4) is 0 Å². The molecular weight excluding hydrogens is 389 g/mol. The molecule has 0 saturated carbocycles. The quantitative estimate of drug-likeness (QED) is 0.567. The van der Waals surface area contributed by atoms with Crippen LogP contribution in [0.2, 0.25) is 5.02 Å². The molecule has 2 aromatic rings. The standard InChI is InChI=1S/C11H7ClINOS2/c12-6-1-2-9(8(13)3-6)14-11(15)10-4-7(16)5-17-10/h1-5,16H,(H,14,15). The molecule has 0 spiro atoms. The Kier molecular flexibility index (Phi) is 4.35. The largest absolute Gasteiger partial charge is 0.320 e. The van der Waals surface area contributed by atoms with Crippen molar-refractivity contribution >= 4 is 69.8 Å². The molecule has 0 aliphatic rings. The maximum absolute atomic E-state index is 11.9. The molecule has 1 aromatic carbocycles. The van der Waals surface area contributed by atoms with E-state index in [9.17, 15) is 4.79 Å². The number of rotatable bonds is 2. The van der Waals surface area contributed by atoms with Crippen molar-refractivity contribution in [3.05, 3.63) is 43.1 Å². The summed E-state index contributed by atoms with van der Waals surface area (Å²) in [5.41, 5.74) is 0.758. The SMILES string of the molecule is O=C(Nc1ccc(Cl)cc1I)c1cc(S)cs1. The highest BCUT2D eigenvalue weighted by atomic mass is 127. The summed E-state index contributed by atoms with van der Waals surface area (Å²) in [5.74, 6) is -0.129. The normalized spacial score (nSPS) is 10.3. The third-order valence-electron chi connectivity index (χ3n) is 1.99. The second-order valence-corrected chi connectivity index (χ2v) is 6.27. The van der Waals surface area contributed by atoms with Gasteiger partial charge in [0, 0.05) is 18.9 Å². The first-order valence-corrected chi connectivity index (χ1v) is 7.38. The van der Waals surface area contributed by atoms with Gasteiger partial charge in [0.2, 0.25) is 0 Å². The average Bonchev–Trinajstić information content (AvgIpc) is 2.69. The minimum absolute atomic E-state index is 0.129. The predicted octanol–water partition coefficient (Wildman–Crippen LogP) is 4.55. The summed E-state index contributed by atoms with van der Waals surface area (Å²) in [7, 11) is 0. The number of amides is 1. The molecule has 0 radical (unpaired) electrons. The molecule has 2 nitrogen and oxygen atoms in total. The Morgan fingerprint density at radius 1 is 1.41 bits per heavy atom. The van der Waals surface area contributed by atoms with Gasteiger partial charge in [0.25, 0.3) is 5.91 Å². The van der Waals surface area contributed by atoms with E-state index in [4.69, 9.17) is 11.6 Å². The van der Waals surface area contributed by atoms with Gasteiger partial charge in [0.15, 0.2) is 0 Å². The first kappa shape index (κ1) is 13.2. The Hall–Kier alpha value is -0.240. The zero-order valence-corrected chi connectivity index (χ0v) is 13.0. The molecule has 0 atom stereocenters. The summed E-state index contributed by atoms with van der Waals surface area (Å²) < 4.78 is 0.908. The second kappa shape index (κ2) is 5.60. The lowest BCUT2D eigenvalue weighted by Crippen LogP contribution is -2.11. The second-order valence-electron chi connectivity index (χ2n) is 3.25. The van der Waals surface area contributed by atoms with E-state index in [1.54, 1.807) is 24.3 Å². The van der Waals surface area contributed by atoms with Crippen molar-refractivity contribution in [2.75, 3.05) is 5.32 Å². The summed E-state index contributed by atoms with van der Waals surface area (Å²) in [6.45, 7) is 0. The van der Waals surface area contributed by atoms with Crippen molar-refractivity contribution in [1.82, 2.24) is 0 Å². The zero-order valence-electron chi connectivity index (χ0n) is 8.41. The Morgan fingerprint density at radius 2 is 2.18 bits per heavy atom. The van der Waals surface area contributed by atoms with Crippen LogP contribution in [-0.4, -0.2) is 5.91 Å². The monoisotopic (exact) mass is 395 g/mol. The van der Waals surface area contributed by atoms with Crippen LogP contribution in [0.4, 0.5) is 5.69 Å². The molecule has 1 amide bonds. The van der Waals surface area contributed by atoms with Crippen LogP contribution >= 0.6 is 58.2 Å². The molecule has 0 bridgehead atoms. The fourth-order valence-electron chi connectivity index (χ4n) is 1.22. The highest BCUT2D eigenvalue weighted by Crippen LogP contribution is 2.24. The van der Waals surface area contributed by atoms with Crippen molar-refractivity contribution < 1.29 is 4.79 Å². The summed E-state index contributed by atoms with van der Waals surface area (Å²) in [6, 6.07) is 7.08. The van der Waals surface area contributed by atoms with Crippen LogP contribution in [0.5, 0.6) is 0 Å². The van der Waals surface area contributed by atoms with Crippen molar-refractivity contribution in [2.24, 2.45) is 0 Å². The van der Waals surface area contributed by atoms with Crippen LogP contribution in [0, 0.1) is 3.57 Å². The van der Waals surface area contributed by atoms with Gasteiger partial charge in [-0.15, -0.1) is 24.0 Å². The van der Waals surface area contributed by atoms with E-state index in [2.05, 4.69) is 40.5 Å². The lowest BCUT2D eigenvalue weighted by atomic mass is 10.3. The van der Waals surface area contributed by atoms with Gasteiger partial charge in [-0.05, 0) is 46.9 Å². The van der Waals surface area contributed by atoms with Crippen molar-refractivity contribution in [3.8, 4) is 0 Å². The molecular formula is C11H7ClINOS2. The summed E-state index contributed by atoms with van der Waals surface area (Å²) >= 11 is 13.5. The average molecular weight is 396 g/mol. The summed E-state index contributed by atoms with van der Waals surface area (Å²) in [5, 5.41) is 5.32. The Morgan fingerprint density at radius 3 is 2.76 bits per heavy atom. The smallest absolute Gasteiger partial charge is 0.265 e. The van der Waals surface area contributed by atoms with Gasteiger partial charge in [0.05, 0.1) is 10.6 Å². The minimum Gasteiger partial charge on any atom is -0.320 e. The number of thiol groups is 1. The van der Waals surface area contributed by atoms with E-state index in [0.717, 1.165) is 14.2 Å². The number of hydrogen-bond donors (Lipinski definition) is 2. The van der Waals surface area contributed by atoms with Gasteiger partial charge in [-0.2, -0.15) is 0 Å². The van der Waals surface area contributed by atoms with Crippen LogP contribution < -0.4 is 5.32 Å². The van der Waals surface area contributed by atoms with Crippen molar-refractivity contribution in [2.45, 2.75) is 4.90 Å². The number of nitrogens with one attached hydrogen (secondary N) is 1. The number of carbonyl (C=O) groups is 1. The predicted molar refractivity (Wildman–Crippen MR) is 83.7 cm³/mol. The summed E-state index contributed by atoms with van der Waals surface area (Å²) in [4.78, 5) is 13.3. The van der Waals surface area contributed by atoms with Crippen LogP contribution in [0.25, 0.3) is 0 Å². The lowest BCUT2D eigenvalue weighted by Gasteiger charge is -2.06. The van der Waals surface area contributed by atoms with Gasteiger partial charge in [-0.3, -0.25) is 4.79 Å². The fourth-order valence-corrected chi connectivity index (χ4v) is 3.27. The number of carbonyl (C=O) groups excluding carboxylic acids is 1. The number of hydrogen-bond acceptors (Lipinski definition) is 3. The maximum atomic E-state index is 11.9. The highest BCUT2D eigenvalue weighted by Gasteiger charge is 2.10. The van der Waals surface area contributed by atoms with Crippen molar-refractivity contribution in [3.63, 3.8) is 0 Å². The molecule has 1 heterocycles. The Bertz CT molecular complexity index is 570. The van der Waals surface area contributed by atoms with Crippen molar-refractivity contribution in [1.29, 1.82) is 0 Å². The Balaban J connectivity index is 2.18. The molecule has 17 heavy (non-hydrogen) atoms. The molecule has 88 valence electrons. The van der Waals surface area contributed by atoms with Gasteiger partial charge < -0.3 is 5.32 Å². The molecule has 0 saturated heterocycles. The third kappa shape index (κ3) is 3.37. The number of halogens is 2. The van der Waals surface area contributed by atoms with E-state index < -0.39 is 0 Å². The Labute approximate surface area is 127 Å². The van der Waals surface area contributed by atoms with E-state index in [1.165, 1.54) is 11.3 Å². The molecule has 0 unspecified atom stereocenters. The highest BCUT2D eigenvalue weighted by molar-refractivity contribution is 14.1. The van der Waals surface area contributed by atoms with E-state index in [0.29, 0.717) is 9.90 Å². The van der Waals surface area contributed by atoms with Gasteiger partial charge in [0.1, 0.15) is 0 Å². The van der Waals surface area contributed by atoms with E-state index in [1.807, 2.05) is 5.38 Å². The molecule has 6 heteroatoms. The molecule has 0 aliphatic heterocycles. The molecule has 1 aromatic heterocycles. The van der Waals surface area contributed by atoms with Gasteiger partial charge in [-0.1, -0.05) is 11.6 Å². The lowest BCUT2D eigenvalue weighted by molar-refractivity contribution is 0.103. The topological polar surface area (TPSA) is 29.1 Å². The first-order chi connectivity index (χ1) is 8.06. The van der Waals surface area contributed by atoms with E-state index in [-0.39, 0.29) is 5.91 Å². The fraction of sp³-hybridized carbons (Fsp3) is 0. The maximum Gasteiger partial charge on any atom is 0.265 e. The molecule has 1 N–H and O–H groups in total. The van der Waals surface area contributed by atoms with E-state index >= 15 is 0 Å². The molecule has 2 rings (SSSR count). The van der Waals surface area contributed by atoms with Crippen LogP contribution in [-0.2, 0) is 0 Å². The minimum atomic E-state index is -0.129. The number of anilines is 1. The van der Waals surface area contributed by atoms with Gasteiger partial charge in [-0.25, -0.2) is 0 Å². The van der Waals surface area contributed by atoms with Gasteiger partial charge >= 0.3 is 0 Å². The number of benzene rings is 1. The van der Waals surface area contributed by atoms with Crippen LogP contribution in [0.15, 0.2) is 34.5 Å². The van der Waals surface area contributed by atoms with Crippen LogP contribution in [0.1, 0.15) is 9.67 Å².